The maximum atomic E-state index is 10.8. The van der Waals surface area contributed by atoms with E-state index in [9.17, 15) is 4.79 Å². The van der Waals surface area contributed by atoms with E-state index < -0.39 is 5.97 Å². The molecule has 0 bridgehead atoms. The SMILES string of the molecule is O=C(O)C/C=C/CSC(c1ccccc1)(c1ccccc1)c1ccccc1. The molecule has 0 aliphatic rings. The largest absolute Gasteiger partial charge is 0.481 e. The summed E-state index contributed by atoms with van der Waals surface area (Å²) < 4.78 is -0.364. The lowest BCUT2D eigenvalue weighted by molar-refractivity contribution is -0.136. The number of hydrogen-bond acceptors (Lipinski definition) is 2. The van der Waals surface area contributed by atoms with Gasteiger partial charge < -0.3 is 5.11 Å². The summed E-state index contributed by atoms with van der Waals surface area (Å²) in [6.07, 6.45) is 3.72. The number of rotatable bonds is 8. The molecule has 0 spiro atoms. The second-order valence-electron chi connectivity index (χ2n) is 6.16. The van der Waals surface area contributed by atoms with Crippen LogP contribution in [0.5, 0.6) is 0 Å². The number of aliphatic carboxylic acids is 1. The number of hydrogen-bond donors (Lipinski definition) is 1. The second kappa shape index (κ2) is 9.24. The van der Waals surface area contributed by atoms with Crippen molar-refractivity contribution < 1.29 is 9.90 Å². The lowest BCUT2D eigenvalue weighted by atomic mass is 9.84. The lowest BCUT2D eigenvalue weighted by Gasteiger charge is -2.35. The normalized spacial score (nSPS) is 11.6. The van der Waals surface area contributed by atoms with Crippen LogP contribution >= 0.6 is 11.8 Å². The fourth-order valence-electron chi connectivity index (χ4n) is 3.19. The van der Waals surface area contributed by atoms with Gasteiger partial charge in [0.05, 0.1) is 11.2 Å². The van der Waals surface area contributed by atoms with E-state index in [0.717, 1.165) is 0 Å². The highest BCUT2D eigenvalue weighted by atomic mass is 32.2. The van der Waals surface area contributed by atoms with Crippen LogP contribution < -0.4 is 0 Å². The summed E-state index contributed by atoms with van der Waals surface area (Å²) in [5.74, 6) is -0.0944. The predicted molar refractivity (Wildman–Crippen MR) is 113 cm³/mol. The highest BCUT2D eigenvalue weighted by Crippen LogP contribution is 2.48. The van der Waals surface area contributed by atoms with Crippen molar-refractivity contribution in [2.75, 3.05) is 5.75 Å². The molecule has 1 N–H and O–H groups in total. The molecule has 0 fully saturated rings. The summed E-state index contributed by atoms with van der Waals surface area (Å²) in [7, 11) is 0. The maximum absolute atomic E-state index is 10.8. The van der Waals surface area contributed by atoms with E-state index >= 15 is 0 Å². The van der Waals surface area contributed by atoms with E-state index in [0.29, 0.717) is 5.75 Å². The van der Waals surface area contributed by atoms with Gasteiger partial charge in [0.1, 0.15) is 0 Å². The average Bonchev–Trinajstić information content (AvgIpc) is 2.73. The molecule has 0 saturated heterocycles. The Morgan fingerprint density at radius 3 is 1.52 bits per heavy atom. The molecule has 3 aromatic rings. The van der Waals surface area contributed by atoms with E-state index in [1.54, 1.807) is 17.8 Å². The van der Waals surface area contributed by atoms with Crippen LogP contribution in [0.15, 0.2) is 103 Å². The number of carboxylic acid groups (broad SMARTS) is 1. The Balaban J connectivity index is 2.08. The van der Waals surface area contributed by atoms with E-state index in [1.165, 1.54) is 16.7 Å². The maximum Gasteiger partial charge on any atom is 0.307 e. The molecule has 0 aliphatic heterocycles. The van der Waals surface area contributed by atoms with Crippen LogP contribution in [0.3, 0.4) is 0 Å². The molecule has 3 rings (SSSR count). The second-order valence-corrected chi connectivity index (χ2v) is 7.39. The number of thioether (sulfide) groups is 1. The minimum absolute atomic E-state index is 0.0512. The van der Waals surface area contributed by atoms with Crippen molar-refractivity contribution in [1.82, 2.24) is 0 Å². The molecule has 27 heavy (non-hydrogen) atoms. The first kappa shape index (κ1) is 19.0. The Kier molecular flexibility index (Phi) is 6.50. The Morgan fingerprint density at radius 2 is 1.15 bits per heavy atom. The third-order valence-corrected chi connectivity index (χ3v) is 5.90. The molecule has 0 amide bonds. The van der Waals surface area contributed by atoms with Crippen LogP contribution in [0.25, 0.3) is 0 Å². The molecule has 0 aliphatic carbocycles. The molecule has 2 nitrogen and oxygen atoms in total. The van der Waals surface area contributed by atoms with E-state index in [2.05, 4.69) is 72.8 Å². The van der Waals surface area contributed by atoms with Gasteiger partial charge in [-0.15, -0.1) is 11.8 Å². The van der Waals surface area contributed by atoms with Gasteiger partial charge in [0, 0.05) is 5.75 Å². The van der Waals surface area contributed by atoms with Crippen molar-refractivity contribution >= 4 is 17.7 Å². The molecule has 0 saturated carbocycles. The molecule has 0 radical (unpaired) electrons. The minimum atomic E-state index is -0.809. The van der Waals surface area contributed by atoms with Gasteiger partial charge in [-0.3, -0.25) is 4.79 Å². The molecule has 0 heterocycles. The molecule has 3 heteroatoms. The van der Waals surface area contributed by atoms with Crippen LogP contribution in [0, 0.1) is 0 Å². The highest BCUT2D eigenvalue weighted by Gasteiger charge is 2.36. The van der Waals surface area contributed by atoms with Crippen molar-refractivity contribution in [3.8, 4) is 0 Å². The van der Waals surface area contributed by atoms with Crippen LogP contribution in [-0.2, 0) is 9.54 Å². The summed E-state index contributed by atoms with van der Waals surface area (Å²) in [5.41, 5.74) is 3.62. The topological polar surface area (TPSA) is 37.3 Å². The predicted octanol–water partition coefficient (Wildman–Crippen LogP) is 5.74. The average molecular weight is 375 g/mol. The van der Waals surface area contributed by atoms with Crippen LogP contribution in [0.4, 0.5) is 0 Å². The standard InChI is InChI=1S/C24H22O2S/c25-23(26)18-10-11-19-27-24(20-12-4-1-5-13-20,21-14-6-2-7-15-21)22-16-8-3-9-17-22/h1-17H,18-19H2,(H,25,26)/b11-10+. The van der Waals surface area contributed by atoms with E-state index in [1.807, 2.05) is 24.3 Å². The number of benzene rings is 3. The van der Waals surface area contributed by atoms with Crippen molar-refractivity contribution in [3.63, 3.8) is 0 Å². The molecular formula is C24H22O2S. The molecule has 136 valence electrons. The molecule has 0 aromatic heterocycles. The van der Waals surface area contributed by atoms with Crippen molar-refractivity contribution in [2.45, 2.75) is 11.2 Å². The van der Waals surface area contributed by atoms with Gasteiger partial charge in [-0.25, -0.2) is 0 Å². The van der Waals surface area contributed by atoms with Crippen molar-refractivity contribution in [2.24, 2.45) is 0 Å². The Labute approximate surface area is 164 Å². The van der Waals surface area contributed by atoms with Gasteiger partial charge >= 0.3 is 5.97 Å². The van der Waals surface area contributed by atoms with Gasteiger partial charge in [-0.05, 0) is 16.7 Å². The molecule has 0 atom stereocenters. The number of carbonyl (C=O) groups is 1. The van der Waals surface area contributed by atoms with Crippen LogP contribution in [0.2, 0.25) is 0 Å². The quantitative estimate of drug-likeness (QED) is 0.403. The third-order valence-electron chi connectivity index (χ3n) is 4.40. The molecule has 3 aromatic carbocycles. The zero-order valence-corrected chi connectivity index (χ0v) is 15.8. The summed E-state index contributed by atoms with van der Waals surface area (Å²) >= 11 is 1.80. The minimum Gasteiger partial charge on any atom is -0.481 e. The monoisotopic (exact) mass is 374 g/mol. The van der Waals surface area contributed by atoms with Gasteiger partial charge in [-0.2, -0.15) is 0 Å². The zero-order chi connectivity index (χ0) is 19.0. The summed E-state index contributed by atoms with van der Waals surface area (Å²) in [4.78, 5) is 10.8. The summed E-state index contributed by atoms with van der Waals surface area (Å²) in [6.45, 7) is 0. The molecular weight excluding hydrogens is 352 g/mol. The summed E-state index contributed by atoms with van der Waals surface area (Å²) in [6, 6.07) is 31.4. The van der Waals surface area contributed by atoms with E-state index in [4.69, 9.17) is 5.11 Å². The van der Waals surface area contributed by atoms with E-state index in [-0.39, 0.29) is 11.2 Å². The fourth-order valence-corrected chi connectivity index (χ4v) is 4.58. The van der Waals surface area contributed by atoms with Gasteiger partial charge in [0.25, 0.3) is 0 Å². The lowest BCUT2D eigenvalue weighted by Crippen LogP contribution is -2.26. The van der Waals surface area contributed by atoms with Crippen LogP contribution in [0.1, 0.15) is 23.1 Å². The van der Waals surface area contributed by atoms with Gasteiger partial charge in [-0.1, -0.05) is 103 Å². The smallest absolute Gasteiger partial charge is 0.307 e. The third kappa shape index (κ3) is 4.50. The Morgan fingerprint density at radius 1 is 0.741 bits per heavy atom. The van der Waals surface area contributed by atoms with Gasteiger partial charge in [0.15, 0.2) is 0 Å². The first-order valence-corrected chi connectivity index (χ1v) is 9.89. The van der Waals surface area contributed by atoms with Crippen molar-refractivity contribution in [1.29, 1.82) is 0 Å². The van der Waals surface area contributed by atoms with Gasteiger partial charge in [0.2, 0.25) is 0 Å². The van der Waals surface area contributed by atoms with Crippen LogP contribution in [-0.4, -0.2) is 16.8 Å². The Hall–Kier alpha value is -2.78. The first-order valence-electron chi connectivity index (χ1n) is 8.91. The zero-order valence-electron chi connectivity index (χ0n) is 15.0. The number of carboxylic acids is 1. The highest BCUT2D eigenvalue weighted by molar-refractivity contribution is 8.00. The first-order chi connectivity index (χ1) is 13.2. The fraction of sp³-hybridized carbons (Fsp3) is 0.125. The summed E-state index contributed by atoms with van der Waals surface area (Å²) in [5, 5.41) is 8.85. The Bertz CT molecular complexity index is 777. The molecule has 0 unspecified atom stereocenters. The van der Waals surface area contributed by atoms with Crippen molar-refractivity contribution in [3.05, 3.63) is 120 Å².